The number of benzene rings is 2. The summed E-state index contributed by atoms with van der Waals surface area (Å²) in [6.07, 6.45) is 4.19. The van der Waals surface area contributed by atoms with Gasteiger partial charge in [0.1, 0.15) is 29.5 Å². The lowest BCUT2D eigenvalue weighted by atomic mass is 9.92. The molecule has 1 aromatic heterocycles. The van der Waals surface area contributed by atoms with Crippen molar-refractivity contribution < 1.29 is 19.0 Å². The Labute approximate surface area is 194 Å². The van der Waals surface area contributed by atoms with Crippen LogP contribution < -0.4 is 9.47 Å². The first-order chi connectivity index (χ1) is 16.0. The second-order valence-electron chi connectivity index (χ2n) is 8.81. The Kier molecular flexibility index (Phi) is 7.62. The molecular weight excluding hydrogens is 421 g/mol. The van der Waals surface area contributed by atoms with Crippen LogP contribution in [0.4, 0.5) is 4.39 Å². The van der Waals surface area contributed by atoms with Crippen LogP contribution in [0.2, 0.25) is 0 Å². The molecule has 6 nitrogen and oxygen atoms in total. The van der Waals surface area contributed by atoms with Crippen molar-refractivity contribution in [2.75, 3.05) is 26.3 Å². The average Bonchev–Trinajstić information content (AvgIpc) is 3.24. The standard InChI is InChI=1S/C26H32FN3O3/c1-21-11-15-30(28-21)14-2-18-32-24-7-3-22(4-8-24)19-29-16-12-26(31,13-17-29)20-33-25-9-5-23(27)6-10-25/h3-11,15,31H,2,12-14,16-20H2,1H3. The number of aromatic nitrogens is 2. The molecule has 0 spiro atoms. The summed E-state index contributed by atoms with van der Waals surface area (Å²) in [5, 5.41) is 15.2. The number of hydrogen-bond acceptors (Lipinski definition) is 5. The summed E-state index contributed by atoms with van der Waals surface area (Å²) in [7, 11) is 0. The maximum absolute atomic E-state index is 13.0. The summed E-state index contributed by atoms with van der Waals surface area (Å²) in [6, 6.07) is 16.1. The Hall–Kier alpha value is -2.90. The van der Waals surface area contributed by atoms with Gasteiger partial charge in [-0.25, -0.2) is 4.39 Å². The number of aryl methyl sites for hydroxylation is 2. The van der Waals surface area contributed by atoms with Crippen molar-refractivity contribution in [3.05, 3.63) is 77.9 Å². The van der Waals surface area contributed by atoms with E-state index < -0.39 is 5.60 Å². The Morgan fingerprint density at radius 3 is 2.30 bits per heavy atom. The highest BCUT2D eigenvalue weighted by Crippen LogP contribution is 2.25. The van der Waals surface area contributed by atoms with Crippen LogP contribution in [0.1, 0.15) is 30.5 Å². The smallest absolute Gasteiger partial charge is 0.123 e. The van der Waals surface area contributed by atoms with E-state index in [1.807, 2.05) is 36.0 Å². The molecule has 3 aromatic rings. The molecule has 1 N–H and O–H groups in total. The van der Waals surface area contributed by atoms with Gasteiger partial charge in [-0.2, -0.15) is 5.10 Å². The third kappa shape index (κ3) is 7.04. The number of piperidine rings is 1. The van der Waals surface area contributed by atoms with E-state index in [0.717, 1.165) is 44.0 Å². The monoisotopic (exact) mass is 453 g/mol. The number of likely N-dealkylation sites (tertiary alicyclic amines) is 1. The van der Waals surface area contributed by atoms with E-state index in [4.69, 9.17) is 9.47 Å². The summed E-state index contributed by atoms with van der Waals surface area (Å²) in [5.74, 6) is 1.15. The quantitative estimate of drug-likeness (QED) is 0.466. The van der Waals surface area contributed by atoms with E-state index in [-0.39, 0.29) is 12.4 Å². The molecule has 1 aliphatic rings. The Morgan fingerprint density at radius 2 is 1.64 bits per heavy atom. The predicted octanol–water partition coefficient (Wildman–Crippen LogP) is 4.21. The van der Waals surface area contributed by atoms with Gasteiger partial charge in [-0.1, -0.05) is 12.1 Å². The second-order valence-corrected chi connectivity index (χ2v) is 8.81. The minimum atomic E-state index is -0.850. The van der Waals surface area contributed by atoms with E-state index in [2.05, 4.69) is 22.1 Å². The minimum absolute atomic E-state index is 0.221. The lowest BCUT2D eigenvalue weighted by Gasteiger charge is -2.38. The van der Waals surface area contributed by atoms with Crippen molar-refractivity contribution in [3.63, 3.8) is 0 Å². The fourth-order valence-corrected chi connectivity index (χ4v) is 3.97. The van der Waals surface area contributed by atoms with Crippen LogP contribution in [0.5, 0.6) is 11.5 Å². The molecule has 0 aliphatic carbocycles. The Morgan fingerprint density at radius 1 is 0.970 bits per heavy atom. The van der Waals surface area contributed by atoms with Crippen LogP contribution in [0.25, 0.3) is 0 Å². The van der Waals surface area contributed by atoms with E-state index in [1.54, 1.807) is 12.1 Å². The molecular formula is C26H32FN3O3. The first-order valence-electron chi connectivity index (χ1n) is 11.5. The summed E-state index contributed by atoms with van der Waals surface area (Å²) >= 11 is 0. The topological polar surface area (TPSA) is 59.8 Å². The summed E-state index contributed by atoms with van der Waals surface area (Å²) in [6.45, 7) is 6.16. The number of halogens is 1. The molecule has 1 fully saturated rings. The zero-order valence-electron chi connectivity index (χ0n) is 19.1. The second kappa shape index (κ2) is 10.8. The van der Waals surface area contributed by atoms with E-state index >= 15 is 0 Å². The SMILES string of the molecule is Cc1ccn(CCCOc2ccc(CN3CCC(O)(COc4ccc(F)cc4)CC3)cc2)n1. The molecule has 176 valence electrons. The Balaban J connectivity index is 1.15. The van der Waals surface area contributed by atoms with Crippen molar-refractivity contribution >= 4 is 0 Å². The summed E-state index contributed by atoms with van der Waals surface area (Å²) in [5.41, 5.74) is 1.41. The molecule has 4 rings (SSSR count). The zero-order valence-corrected chi connectivity index (χ0v) is 19.1. The molecule has 0 saturated carbocycles. The third-order valence-electron chi connectivity index (χ3n) is 6.01. The molecule has 0 atom stereocenters. The normalized spacial score (nSPS) is 16.0. The van der Waals surface area contributed by atoms with Gasteiger partial charge < -0.3 is 14.6 Å². The van der Waals surface area contributed by atoms with Crippen LogP contribution >= 0.6 is 0 Å². The van der Waals surface area contributed by atoms with Crippen molar-refractivity contribution in [2.24, 2.45) is 0 Å². The van der Waals surface area contributed by atoms with Gasteiger partial charge in [-0.3, -0.25) is 9.58 Å². The maximum Gasteiger partial charge on any atom is 0.123 e. The molecule has 2 heterocycles. The van der Waals surface area contributed by atoms with Gasteiger partial charge >= 0.3 is 0 Å². The predicted molar refractivity (Wildman–Crippen MR) is 125 cm³/mol. The first-order valence-corrected chi connectivity index (χ1v) is 11.5. The van der Waals surface area contributed by atoms with Gasteiger partial charge in [0, 0.05) is 38.8 Å². The largest absolute Gasteiger partial charge is 0.494 e. The fourth-order valence-electron chi connectivity index (χ4n) is 3.97. The highest BCUT2D eigenvalue weighted by atomic mass is 19.1. The summed E-state index contributed by atoms with van der Waals surface area (Å²) in [4.78, 5) is 2.34. The molecule has 0 radical (unpaired) electrons. The van der Waals surface area contributed by atoms with E-state index in [1.165, 1.54) is 17.7 Å². The highest BCUT2D eigenvalue weighted by molar-refractivity contribution is 5.27. The molecule has 33 heavy (non-hydrogen) atoms. The van der Waals surface area contributed by atoms with Crippen LogP contribution in [-0.4, -0.2) is 51.7 Å². The van der Waals surface area contributed by atoms with Crippen LogP contribution in [-0.2, 0) is 13.1 Å². The van der Waals surface area contributed by atoms with Crippen molar-refractivity contribution in [3.8, 4) is 11.5 Å². The van der Waals surface area contributed by atoms with Gasteiger partial charge in [0.2, 0.25) is 0 Å². The number of nitrogens with zero attached hydrogens (tertiary/aromatic N) is 3. The van der Waals surface area contributed by atoms with E-state index in [9.17, 15) is 9.50 Å². The molecule has 1 saturated heterocycles. The maximum atomic E-state index is 13.0. The van der Waals surface area contributed by atoms with Crippen molar-refractivity contribution in [1.82, 2.24) is 14.7 Å². The highest BCUT2D eigenvalue weighted by Gasteiger charge is 2.33. The third-order valence-corrected chi connectivity index (χ3v) is 6.01. The number of aliphatic hydroxyl groups is 1. The molecule has 0 amide bonds. The number of ether oxygens (including phenoxy) is 2. The Bertz CT molecular complexity index is 996. The fraction of sp³-hybridized carbons (Fsp3) is 0.423. The van der Waals surface area contributed by atoms with Gasteiger partial charge in [0.05, 0.1) is 12.3 Å². The molecule has 2 aromatic carbocycles. The molecule has 0 unspecified atom stereocenters. The van der Waals surface area contributed by atoms with Gasteiger partial charge in [-0.15, -0.1) is 0 Å². The number of hydrogen-bond donors (Lipinski definition) is 1. The lowest BCUT2D eigenvalue weighted by Crippen LogP contribution is -2.47. The van der Waals surface area contributed by atoms with Gasteiger partial charge in [-0.05, 0) is 67.8 Å². The summed E-state index contributed by atoms with van der Waals surface area (Å²) < 4.78 is 26.5. The molecule has 0 bridgehead atoms. The van der Waals surface area contributed by atoms with E-state index in [0.29, 0.717) is 25.2 Å². The van der Waals surface area contributed by atoms with Gasteiger partial charge in [0.15, 0.2) is 0 Å². The molecule has 1 aliphatic heterocycles. The van der Waals surface area contributed by atoms with Crippen molar-refractivity contribution in [1.29, 1.82) is 0 Å². The van der Waals surface area contributed by atoms with Crippen LogP contribution in [0, 0.1) is 12.7 Å². The van der Waals surface area contributed by atoms with Crippen LogP contribution in [0.15, 0.2) is 60.8 Å². The van der Waals surface area contributed by atoms with Gasteiger partial charge in [0.25, 0.3) is 0 Å². The number of rotatable bonds is 10. The minimum Gasteiger partial charge on any atom is -0.494 e. The zero-order chi connectivity index (χ0) is 23.1. The lowest BCUT2D eigenvalue weighted by molar-refractivity contribution is -0.0537. The molecule has 7 heteroatoms. The first kappa shape index (κ1) is 23.3. The average molecular weight is 454 g/mol. The van der Waals surface area contributed by atoms with Crippen molar-refractivity contribution in [2.45, 2.75) is 44.9 Å². The van der Waals surface area contributed by atoms with Crippen LogP contribution in [0.3, 0.4) is 0 Å².